The molecule has 0 saturated heterocycles. The Labute approximate surface area is 105 Å². The molecule has 1 heterocycles. The van der Waals surface area contributed by atoms with Crippen molar-refractivity contribution in [1.29, 1.82) is 0 Å². The van der Waals surface area contributed by atoms with E-state index in [1.54, 1.807) is 12.4 Å². The molecule has 0 aromatic carbocycles. The van der Waals surface area contributed by atoms with Gasteiger partial charge in [0.1, 0.15) is 0 Å². The second-order valence-electron chi connectivity index (χ2n) is 5.60. The van der Waals surface area contributed by atoms with Gasteiger partial charge in [0.15, 0.2) is 15.3 Å². The van der Waals surface area contributed by atoms with Crippen LogP contribution in [0.4, 0.5) is 0 Å². The maximum atomic E-state index is 10.8. The van der Waals surface area contributed by atoms with Crippen LogP contribution in [0.25, 0.3) is 0 Å². The van der Waals surface area contributed by atoms with E-state index >= 15 is 0 Å². The van der Waals surface area contributed by atoms with E-state index in [0.717, 1.165) is 11.8 Å². The summed E-state index contributed by atoms with van der Waals surface area (Å²) >= 11 is 0. The third-order valence-corrected chi connectivity index (χ3v) is 3.23. The van der Waals surface area contributed by atoms with Crippen LogP contribution in [-0.2, 0) is 4.43 Å². The van der Waals surface area contributed by atoms with Crippen LogP contribution in [0.15, 0.2) is 18.5 Å². The number of aldehydes is 1. The summed E-state index contributed by atoms with van der Waals surface area (Å²) in [6, 6.07) is 1.87. The third-order valence-electron chi connectivity index (χ3n) is 2.41. The van der Waals surface area contributed by atoms with Gasteiger partial charge in [-0.2, -0.15) is 0 Å². The summed E-state index contributed by atoms with van der Waals surface area (Å²) in [5, 5.41) is 0. The van der Waals surface area contributed by atoms with E-state index in [1.807, 2.05) is 6.07 Å². The minimum atomic E-state index is -1.14. The first kappa shape index (κ1) is 14.1. The van der Waals surface area contributed by atoms with Gasteiger partial charge in [0.2, 0.25) is 0 Å². The summed E-state index contributed by atoms with van der Waals surface area (Å²) < 4.78 is 6.08. The number of rotatable bonds is 4. The number of pyridine rings is 1. The first-order valence-corrected chi connectivity index (χ1v) is 8.68. The first-order chi connectivity index (χ1) is 7.84. The Morgan fingerprint density at radius 3 is 2.47 bits per heavy atom. The van der Waals surface area contributed by atoms with Crippen LogP contribution in [0.1, 0.15) is 42.8 Å². The largest absolute Gasteiger partial charge is 0.413 e. The van der Waals surface area contributed by atoms with Gasteiger partial charge in [0.25, 0.3) is 0 Å². The maximum Gasteiger partial charge on any atom is 0.171 e. The van der Waals surface area contributed by atoms with E-state index < -0.39 is 9.04 Å². The van der Waals surface area contributed by atoms with Crippen LogP contribution >= 0.6 is 0 Å². The number of hydrogen-bond acceptors (Lipinski definition) is 3. The van der Waals surface area contributed by atoms with Crippen molar-refractivity contribution in [3.8, 4) is 0 Å². The molecule has 17 heavy (non-hydrogen) atoms. The highest BCUT2D eigenvalue weighted by molar-refractivity contribution is 6.48. The molecule has 0 aliphatic carbocycles. The van der Waals surface area contributed by atoms with Gasteiger partial charge in [0, 0.05) is 18.0 Å². The van der Waals surface area contributed by atoms with Crippen molar-refractivity contribution in [1.82, 2.24) is 4.98 Å². The zero-order valence-electron chi connectivity index (χ0n) is 11.2. The fourth-order valence-corrected chi connectivity index (χ4v) is 2.85. The topological polar surface area (TPSA) is 39.2 Å². The monoisotopic (exact) mass is 251 g/mol. The summed E-state index contributed by atoms with van der Waals surface area (Å²) in [5.74, 6) is 0. The molecule has 1 atom stereocenters. The molecule has 0 saturated carbocycles. The maximum absolute atomic E-state index is 10.8. The second-order valence-corrected chi connectivity index (χ2v) is 7.97. The number of hydrogen-bond donors (Lipinski definition) is 0. The lowest BCUT2D eigenvalue weighted by Gasteiger charge is -2.32. The molecule has 0 aliphatic heterocycles. The molecule has 0 fully saturated rings. The predicted molar refractivity (Wildman–Crippen MR) is 71.8 cm³/mol. The third kappa shape index (κ3) is 4.05. The van der Waals surface area contributed by atoms with E-state index in [0.29, 0.717) is 5.56 Å². The lowest BCUT2D eigenvalue weighted by molar-refractivity contribution is 0.0861. The van der Waals surface area contributed by atoms with E-state index in [-0.39, 0.29) is 11.5 Å². The van der Waals surface area contributed by atoms with Crippen molar-refractivity contribution < 1.29 is 9.22 Å². The Kier molecular flexibility index (Phi) is 4.59. The fourth-order valence-electron chi connectivity index (χ4n) is 1.74. The normalized spacial score (nSPS) is 13.8. The molecule has 1 aromatic rings. The molecular formula is C13H21NO2Si. The van der Waals surface area contributed by atoms with Gasteiger partial charge >= 0.3 is 0 Å². The fraction of sp³-hybridized carbons (Fsp3) is 0.538. The van der Waals surface area contributed by atoms with Crippen molar-refractivity contribution in [2.75, 3.05) is 0 Å². The van der Waals surface area contributed by atoms with Gasteiger partial charge in [-0.3, -0.25) is 9.78 Å². The van der Waals surface area contributed by atoms with E-state index in [9.17, 15) is 4.79 Å². The molecule has 3 nitrogen and oxygen atoms in total. The molecule has 4 heteroatoms. The standard InChI is InChI=1S/C13H21NO2Si/c1-13(2,3)12(16-17(4)5)11-6-10(9-15)7-14-8-11/h6-9,12,17H,1-5H3. The van der Waals surface area contributed by atoms with Crippen LogP contribution in [0, 0.1) is 5.41 Å². The predicted octanol–water partition coefficient (Wildman–Crippen LogP) is 2.98. The van der Waals surface area contributed by atoms with Gasteiger partial charge in [-0.15, -0.1) is 0 Å². The average molecular weight is 251 g/mol. The number of nitrogens with zero attached hydrogens (tertiary/aromatic N) is 1. The van der Waals surface area contributed by atoms with Crippen LogP contribution in [0.2, 0.25) is 13.1 Å². The van der Waals surface area contributed by atoms with Gasteiger partial charge in [-0.05, 0) is 30.1 Å². The zero-order valence-corrected chi connectivity index (χ0v) is 12.4. The van der Waals surface area contributed by atoms with Gasteiger partial charge in [-0.25, -0.2) is 0 Å². The van der Waals surface area contributed by atoms with E-state index in [4.69, 9.17) is 4.43 Å². The Hall–Kier alpha value is -1.00. The minimum Gasteiger partial charge on any atom is -0.413 e. The van der Waals surface area contributed by atoms with Crippen LogP contribution < -0.4 is 0 Å². The second kappa shape index (κ2) is 5.56. The summed E-state index contributed by atoms with van der Waals surface area (Å²) in [4.78, 5) is 14.9. The Balaban J connectivity index is 3.08. The van der Waals surface area contributed by atoms with Crippen molar-refractivity contribution >= 4 is 15.3 Å². The molecule has 0 N–H and O–H groups in total. The van der Waals surface area contributed by atoms with E-state index in [2.05, 4.69) is 38.8 Å². The van der Waals surface area contributed by atoms with Crippen molar-refractivity contribution in [2.24, 2.45) is 5.41 Å². The Bertz CT molecular complexity index is 385. The smallest absolute Gasteiger partial charge is 0.171 e. The first-order valence-electron chi connectivity index (χ1n) is 5.90. The van der Waals surface area contributed by atoms with Gasteiger partial charge in [-0.1, -0.05) is 20.8 Å². The van der Waals surface area contributed by atoms with Crippen molar-refractivity contribution in [3.63, 3.8) is 0 Å². The zero-order chi connectivity index (χ0) is 13.1. The number of carbonyl (C=O) groups excluding carboxylic acids is 1. The highest BCUT2D eigenvalue weighted by atomic mass is 28.3. The summed E-state index contributed by atoms with van der Waals surface area (Å²) in [7, 11) is -1.14. The number of carbonyl (C=O) groups is 1. The van der Waals surface area contributed by atoms with Gasteiger partial charge in [0.05, 0.1) is 6.10 Å². The van der Waals surface area contributed by atoms with Crippen LogP contribution in [0.3, 0.4) is 0 Å². The summed E-state index contributed by atoms with van der Waals surface area (Å²) in [6.07, 6.45) is 4.19. The highest BCUT2D eigenvalue weighted by Crippen LogP contribution is 2.36. The van der Waals surface area contributed by atoms with Crippen molar-refractivity contribution in [3.05, 3.63) is 29.6 Å². The molecule has 0 radical (unpaired) electrons. The van der Waals surface area contributed by atoms with E-state index in [1.165, 1.54) is 0 Å². The lowest BCUT2D eigenvalue weighted by Crippen LogP contribution is -2.26. The molecule has 0 spiro atoms. The molecule has 0 amide bonds. The number of aromatic nitrogens is 1. The minimum absolute atomic E-state index is 0.000454. The molecule has 1 aromatic heterocycles. The lowest BCUT2D eigenvalue weighted by atomic mass is 9.85. The van der Waals surface area contributed by atoms with Gasteiger partial charge < -0.3 is 4.43 Å². The quantitative estimate of drug-likeness (QED) is 0.610. The molecule has 1 unspecified atom stereocenters. The van der Waals surface area contributed by atoms with Crippen molar-refractivity contribution in [2.45, 2.75) is 40.0 Å². The van der Waals surface area contributed by atoms with Crippen LogP contribution in [0.5, 0.6) is 0 Å². The Morgan fingerprint density at radius 2 is 2.00 bits per heavy atom. The molecular weight excluding hydrogens is 230 g/mol. The van der Waals surface area contributed by atoms with Crippen LogP contribution in [-0.4, -0.2) is 20.3 Å². The molecule has 94 valence electrons. The highest BCUT2D eigenvalue weighted by Gasteiger charge is 2.28. The Morgan fingerprint density at radius 1 is 1.35 bits per heavy atom. The summed E-state index contributed by atoms with van der Waals surface area (Å²) in [6.45, 7) is 10.7. The SMILES string of the molecule is C[SiH](C)OC(c1cncc(C=O)c1)C(C)(C)C. The molecule has 1 rings (SSSR count). The summed E-state index contributed by atoms with van der Waals surface area (Å²) in [5.41, 5.74) is 1.59. The molecule has 0 aliphatic rings. The molecule has 0 bridgehead atoms. The average Bonchev–Trinajstić information content (AvgIpc) is 2.24.